The summed E-state index contributed by atoms with van der Waals surface area (Å²) in [6.07, 6.45) is 0. The van der Waals surface area contributed by atoms with Gasteiger partial charge in [0.15, 0.2) is 5.71 Å². The quantitative estimate of drug-likeness (QED) is 0.670. The number of hydrogen-bond acceptors (Lipinski definition) is 5. The maximum Gasteiger partial charge on any atom is 0.271 e. The zero-order chi connectivity index (χ0) is 17.1. The predicted molar refractivity (Wildman–Crippen MR) is 87.3 cm³/mol. The normalized spacial score (nSPS) is 13.5. The highest BCUT2D eigenvalue weighted by Gasteiger charge is 2.32. The van der Waals surface area contributed by atoms with E-state index in [-0.39, 0.29) is 17.0 Å². The summed E-state index contributed by atoms with van der Waals surface area (Å²) in [6.45, 7) is 0. The number of Topliss-reactive ketones (excluding diaryl/α,β-unsaturated/α-hetero) is 1. The Morgan fingerprint density at radius 3 is 2.29 bits per heavy atom. The van der Waals surface area contributed by atoms with E-state index in [2.05, 4.69) is 10.5 Å². The number of nitriles is 1. The average Bonchev–Trinajstić information content (AvgIpc) is 2.88. The number of amides is 1. The summed E-state index contributed by atoms with van der Waals surface area (Å²) in [4.78, 5) is 24.3. The number of carbonyl (C=O) groups is 2. The predicted octanol–water partition coefficient (Wildman–Crippen LogP) is 2.46. The molecule has 6 nitrogen and oxygen atoms in total. The number of ketones is 1. The third kappa shape index (κ3) is 2.55. The Balaban J connectivity index is 1.91. The molecule has 0 heterocycles. The number of aliphatic hydroxyl groups is 1. The summed E-state index contributed by atoms with van der Waals surface area (Å²) in [5.74, 6) is -1.34. The summed E-state index contributed by atoms with van der Waals surface area (Å²) in [5, 5.41) is 23.2. The number of nitrogens with zero attached hydrogens (tertiary/aromatic N) is 2. The van der Waals surface area contributed by atoms with E-state index in [0.29, 0.717) is 16.7 Å². The minimum Gasteiger partial charge on any atom is -0.506 e. The van der Waals surface area contributed by atoms with Gasteiger partial charge in [-0.2, -0.15) is 10.4 Å². The molecule has 1 amide bonds. The number of fused-ring (bicyclic) bond motifs is 1. The highest BCUT2D eigenvalue weighted by Crippen LogP contribution is 2.31. The molecule has 0 atom stereocenters. The fourth-order valence-corrected chi connectivity index (χ4v) is 2.38. The standard InChI is InChI=1S/C18H11N3O3/c19-10-14(20-21-18(24)11-6-2-1-3-7-11)15-16(22)12-8-4-5-9-13(12)17(15)23/h1-9,22H,(H,21,24)/b20-14+. The minimum atomic E-state index is -0.522. The lowest BCUT2D eigenvalue weighted by Gasteiger charge is -2.02. The highest BCUT2D eigenvalue weighted by atomic mass is 16.3. The van der Waals surface area contributed by atoms with Crippen molar-refractivity contribution in [3.8, 4) is 6.07 Å². The average molecular weight is 317 g/mol. The van der Waals surface area contributed by atoms with Crippen molar-refractivity contribution in [1.29, 1.82) is 5.26 Å². The van der Waals surface area contributed by atoms with E-state index in [1.165, 1.54) is 0 Å². The zero-order valence-corrected chi connectivity index (χ0v) is 12.4. The third-order valence-electron chi connectivity index (χ3n) is 3.54. The maximum absolute atomic E-state index is 12.4. The first-order valence-electron chi connectivity index (χ1n) is 7.04. The molecule has 0 unspecified atom stereocenters. The van der Waals surface area contributed by atoms with E-state index in [4.69, 9.17) is 0 Å². The number of hydrazone groups is 1. The Kier molecular flexibility index (Phi) is 3.91. The Hall–Kier alpha value is -3.72. The largest absolute Gasteiger partial charge is 0.506 e. The molecule has 0 radical (unpaired) electrons. The number of nitrogens with one attached hydrogen (secondary N) is 1. The van der Waals surface area contributed by atoms with Crippen molar-refractivity contribution in [3.63, 3.8) is 0 Å². The van der Waals surface area contributed by atoms with Gasteiger partial charge >= 0.3 is 0 Å². The molecule has 2 aromatic rings. The van der Waals surface area contributed by atoms with Crippen LogP contribution in [0, 0.1) is 11.3 Å². The van der Waals surface area contributed by atoms with Crippen molar-refractivity contribution in [2.45, 2.75) is 0 Å². The smallest absolute Gasteiger partial charge is 0.271 e. The van der Waals surface area contributed by atoms with Gasteiger partial charge in [0, 0.05) is 16.7 Å². The molecule has 0 spiro atoms. The molecule has 0 saturated heterocycles. The lowest BCUT2D eigenvalue weighted by Crippen LogP contribution is -2.21. The van der Waals surface area contributed by atoms with Gasteiger partial charge in [-0.15, -0.1) is 0 Å². The van der Waals surface area contributed by atoms with Crippen molar-refractivity contribution in [2.75, 3.05) is 0 Å². The van der Waals surface area contributed by atoms with Crippen LogP contribution in [0.5, 0.6) is 0 Å². The van der Waals surface area contributed by atoms with Crippen molar-refractivity contribution >= 4 is 23.2 Å². The second-order valence-corrected chi connectivity index (χ2v) is 4.98. The summed E-state index contributed by atoms with van der Waals surface area (Å²) in [6, 6.07) is 16.5. The van der Waals surface area contributed by atoms with Crippen LogP contribution in [0.1, 0.15) is 26.3 Å². The highest BCUT2D eigenvalue weighted by molar-refractivity contribution is 6.39. The Labute approximate surface area is 137 Å². The molecule has 116 valence electrons. The van der Waals surface area contributed by atoms with Crippen LogP contribution in [-0.2, 0) is 0 Å². The van der Waals surface area contributed by atoms with Crippen LogP contribution in [-0.4, -0.2) is 22.5 Å². The summed E-state index contributed by atoms with van der Waals surface area (Å²) < 4.78 is 0. The molecule has 2 N–H and O–H groups in total. The minimum absolute atomic E-state index is 0.216. The van der Waals surface area contributed by atoms with Gasteiger partial charge < -0.3 is 5.11 Å². The number of rotatable bonds is 3. The fourth-order valence-electron chi connectivity index (χ4n) is 2.38. The summed E-state index contributed by atoms with van der Waals surface area (Å²) in [5.41, 5.74) is 2.65. The second kappa shape index (κ2) is 6.18. The van der Waals surface area contributed by atoms with E-state index < -0.39 is 11.7 Å². The molecular formula is C18H11N3O3. The Bertz CT molecular complexity index is 937. The second-order valence-electron chi connectivity index (χ2n) is 4.98. The molecule has 0 fully saturated rings. The number of benzene rings is 2. The van der Waals surface area contributed by atoms with E-state index in [1.807, 2.05) is 0 Å². The van der Waals surface area contributed by atoms with E-state index in [9.17, 15) is 20.0 Å². The van der Waals surface area contributed by atoms with Crippen LogP contribution in [0.3, 0.4) is 0 Å². The molecule has 0 aromatic heterocycles. The van der Waals surface area contributed by atoms with Gasteiger partial charge in [0.05, 0.1) is 0 Å². The third-order valence-corrected chi connectivity index (χ3v) is 3.54. The zero-order valence-electron chi connectivity index (χ0n) is 12.4. The molecule has 0 bridgehead atoms. The molecule has 2 aromatic carbocycles. The van der Waals surface area contributed by atoms with Gasteiger partial charge in [-0.1, -0.05) is 42.5 Å². The Morgan fingerprint density at radius 1 is 1.04 bits per heavy atom. The van der Waals surface area contributed by atoms with Gasteiger partial charge in [0.25, 0.3) is 5.91 Å². The lowest BCUT2D eigenvalue weighted by atomic mass is 10.1. The van der Waals surface area contributed by atoms with Gasteiger partial charge in [0.1, 0.15) is 17.4 Å². The first-order valence-corrected chi connectivity index (χ1v) is 7.04. The van der Waals surface area contributed by atoms with Crippen molar-refractivity contribution < 1.29 is 14.7 Å². The fraction of sp³-hybridized carbons (Fsp3) is 0. The molecule has 1 aliphatic rings. The molecule has 24 heavy (non-hydrogen) atoms. The van der Waals surface area contributed by atoms with Gasteiger partial charge in [0.2, 0.25) is 5.78 Å². The first-order chi connectivity index (χ1) is 11.6. The van der Waals surface area contributed by atoms with Crippen LogP contribution < -0.4 is 5.43 Å². The van der Waals surface area contributed by atoms with Gasteiger partial charge in [-0.3, -0.25) is 9.59 Å². The monoisotopic (exact) mass is 317 g/mol. The van der Waals surface area contributed by atoms with Crippen LogP contribution in [0.4, 0.5) is 0 Å². The molecule has 3 rings (SSSR count). The Morgan fingerprint density at radius 2 is 1.67 bits per heavy atom. The maximum atomic E-state index is 12.4. The van der Waals surface area contributed by atoms with Gasteiger partial charge in [-0.25, -0.2) is 5.43 Å². The number of hydrogen-bond donors (Lipinski definition) is 2. The lowest BCUT2D eigenvalue weighted by molar-refractivity contribution is 0.0953. The number of allylic oxidation sites excluding steroid dienone is 1. The van der Waals surface area contributed by atoms with Crippen molar-refractivity contribution in [3.05, 3.63) is 76.9 Å². The molecule has 0 aliphatic heterocycles. The summed E-state index contributed by atoms with van der Waals surface area (Å²) >= 11 is 0. The number of carbonyl (C=O) groups excluding carboxylic acids is 2. The van der Waals surface area contributed by atoms with Crippen molar-refractivity contribution in [2.24, 2.45) is 5.10 Å². The van der Waals surface area contributed by atoms with Crippen LogP contribution in [0.2, 0.25) is 0 Å². The van der Waals surface area contributed by atoms with Crippen LogP contribution in [0.15, 0.2) is 65.3 Å². The molecule has 0 saturated carbocycles. The summed E-state index contributed by atoms with van der Waals surface area (Å²) in [7, 11) is 0. The first kappa shape index (κ1) is 15.2. The molecule has 1 aliphatic carbocycles. The van der Waals surface area contributed by atoms with Crippen LogP contribution >= 0.6 is 0 Å². The van der Waals surface area contributed by atoms with E-state index in [1.54, 1.807) is 60.7 Å². The van der Waals surface area contributed by atoms with Crippen LogP contribution in [0.25, 0.3) is 5.76 Å². The van der Waals surface area contributed by atoms with E-state index >= 15 is 0 Å². The van der Waals surface area contributed by atoms with Crippen molar-refractivity contribution in [1.82, 2.24) is 5.43 Å². The molecular weight excluding hydrogens is 306 g/mol. The topological polar surface area (TPSA) is 103 Å². The number of aliphatic hydroxyl groups excluding tert-OH is 1. The van der Waals surface area contributed by atoms with E-state index in [0.717, 1.165) is 0 Å². The SMILES string of the molecule is N#C/C(=N\NC(=O)c1ccccc1)C1=C(O)c2ccccc2C1=O. The molecule has 6 heteroatoms. The van der Waals surface area contributed by atoms with Gasteiger partial charge in [-0.05, 0) is 12.1 Å².